The van der Waals surface area contributed by atoms with Gasteiger partial charge in [-0.15, -0.1) is 0 Å². The fourth-order valence-electron chi connectivity index (χ4n) is 2.05. The number of carbonyl (C=O) groups is 3. The third kappa shape index (κ3) is 3.26. The number of nitrogens with zero attached hydrogens (tertiary/aromatic N) is 4. The quantitative estimate of drug-likeness (QED) is 0.699. The highest BCUT2D eigenvalue weighted by atomic mass is 16.4. The molecular weight excluding hydrogens is 316 g/mol. The molecule has 0 radical (unpaired) electrons. The summed E-state index contributed by atoms with van der Waals surface area (Å²) >= 11 is 0. The largest absolute Gasteiger partial charge is 0.480 e. The summed E-state index contributed by atoms with van der Waals surface area (Å²) in [5.74, 6) is -2.14. The first kappa shape index (κ1) is 17.2. The van der Waals surface area contributed by atoms with Crippen molar-refractivity contribution < 1.29 is 19.5 Å². The van der Waals surface area contributed by atoms with Gasteiger partial charge in [0.05, 0.1) is 5.69 Å². The second-order valence-corrected chi connectivity index (χ2v) is 4.96. The van der Waals surface area contributed by atoms with Crippen LogP contribution in [0, 0.1) is 0 Å². The Morgan fingerprint density at radius 3 is 2.62 bits per heavy atom. The number of anilines is 1. The summed E-state index contributed by atoms with van der Waals surface area (Å²) in [6.07, 6.45) is 2.87. The van der Waals surface area contributed by atoms with Crippen molar-refractivity contribution in [2.24, 2.45) is 0 Å². The van der Waals surface area contributed by atoms with Crippen LogP contribution in [0.4, 0.5) is 5.69 Å². The molecule has 0 saturated carbocycles. The molecule has 10 heteroatoms. The molecule has 0 aliphatic heterocycles. The van der Waals surface area contributed by atoms with Gasteiger partial charge in [0.1, 0.15) is 11.7 Å². The number of carboxylic acid groups (broad SMARTS) is 1. The second kappa shape index (κ2) is 6.94. The molecule has 128 valence electrons. The van der Waals surface area contributed by atoms with Crippen molar-refractivity contribution in [2.45, 2.75) is 26.4 Å². The second-order valence-electron chi connectivity index (χ2n) is 4.96. The SMILES string of the molecule is CCn1cc(NC(=O)c2ccnn2C(C)C(=O)O)c(C(=O)NC)n1. The molecule has 0 aliphatic carbocycles. The van der Waals surface area contributed by atoms with E-state index < -0.39 is 23.8 Å². The lowest BCUT2D eigenvalue weighted by molar-refractivity contribution is -0.140. The summed E-state index contributed by atoms with van der Waals surface area (Å²) in [4.78, 5) is 35.4. The summed E-state index contributed by atoms with van der Waals surface area (Å²) < 4.78 is 2.61. The van der Waals surface area contributed by atoms with Gasteiger partial charge in [-0.05, 0) is 19.9 Å². The number of hydrogen-bond acceptors (Lipinski definition) is 5. The Kier molecular flexibility index (Phi) is 4.97. The Bertz CT molecular complexity index is 778. The zero-order valence-electron chi connectivity index (χ0n) is 13.5. The van der Waals surface area contributed by atoms with Gasteiger partial charge in [0, 0.05) is 26.0 Å². The van der Waals surface area contributed by atoms with E-state index in [0.29, 0.717) is 6.54 Å². The van der Waals surface area contributed by atoms with E-state index in [1.807, 2.05) is 6.92 Å². The van der Waals surface area contributed by atoms with Gasteiger partial charge in [-0.25, -0.2) is 9.48 Å². The maximum atomic E-state index is 12.5. The Hall–Kier alpha value is -3.17. The summed E-state index contributed by atoms with van der Waals surface area (Å²) in [6.45, 7) is 3.78. The van der Waals surface area contributed by atoms with Gasteiger partial charge >= 0.3 is 5.97 Å². The zero-order chi connectivity index (χ0) is 17.9. The Labute approximate surface area is 137 Å². The van der Waals surface area contributed by atoms with Crippen molar-refractivity contribution >= 4 is 23.5 Å². The van der Waals surface area contributed by atoms with Crippen molar-refractivity contribution in [1.82, 2.24) is 24.9 Å². The van der Waals surface area contributed by atoms with Crippen LogP contribution in [0.3, 0.4) is 0 Å². The van der Waals surface area contributed by atoms with Crippen LogP contribution in [-0.2, 0) is 11.3 Å². The Balaban J connectivity index is 2.31. The number of aromatic nitrogens is 4. The molecule has 2 aromatic rings. The third-order valence-electron chi connectivity index (χ3n) is 3.40. The predicted molar refractivity (Wildman–Crippen MR) is 83.8 cm³/mol. The minimum Gasteiger partial charge on any atom is -0.480 e. The molecule has 0 aliphatic rings. The number of amides is 2. The van der Waals surface area contributed by atoms with Crippen LogP contribution in [-0.4, -0.2) is 49.5 Å². The molecule has 0 spiro atoms. The lowest BCUT2D eigenvalue weighted by atomic mass is 10.3. The molecule has 2 rings (SSSR count). The number of carbonyl (C=O) groups excluding carboxylic acids is 2. The van der Waals surface area contributed by atoms with Crippen LogP contribution >= 0.6 is 0 Å². The van der Waals surface area contributed by atoms with Gasteiger partial charge in [-0.2, -0.15) is 10.2 Å². The van der Waals surface area contributed by atoms with Gasteiger partial charge in [-0.3, -0.25) is 14.3 Å². The summed E-state index contributed by atoms with van der Waals surface area (Å²) in [6, 6.07) is 0.399. The highest BCUT2D eigenvalue weighted by Crippen LogP contribution is 2.17. The average molecular weight is 334 g/mol. The van der Waals surface area contributed by atoms with Crippen LogP contribution < -0.4 is 10.6 Å². The van der Waals surface area contributed by atoms with Crippen molar-refractivity contribution in [3.05, 3.63) is 29.8 Å². The van der Waals surface area contributed by atoms with Gasteiger partial charge in [-0.1, -0.05) is 0 Å². The number of nitrogens with one attached hydrogen (secondary N) is 2. The molecule has 0 bridgehead atoms. The van der Waals surface area contributed by atoms with Crippen LogP contribution in [0.15, 0.2) is 18.5 Å². The average Bonchev–Trinajstić information content (AvgIpc) is 3.19. The Morgan fingerprint density at radius 1 is 1.33 bits per heavy atom. The molecule has 2 amide bonds. The van der Waals surface area contributed by atoms with E-state index in [4.69, 9.17) is 5.11 Å². The van der Waals surface area contributed by atoms with E-state index >= 15 is 0 Å². The van der Waals surface area contributed by atoms with Gasteiger partial charge in [0.25, 0.3) is 11.8 Å². The van der Waals surface area contributed by atoms with E-state index in [2.05, 4.69) is 20.8 Å². The van der Waals surface area contributed by atoms with Crippen molar-refractivity contribution in [2.75, 3.05) is 12.4 Å². The number of hydrogen-bond donors (Lipinski definition) is 3. The molecule has 0 fully saturated rings. The Morgan fingerprint density at radius 2 is 2.04 bits per heavy atom. The molecule has 0 aromatic carbocycles. The topological polar surface area (TPSA) is 131 Å². The monoisotopic (exact) mass is 334 g/mol. The first-order valence-electron chi connectivity index (χ1n) is 7.26. The fraction of sp³-hybridized carbons (Fsp3) is 0.357. The van der Waals surface area contributed by atoms with E-state index in [-0.39, 0.29) is 17.1 Å². The van der Waals surface area contributed by atoms with Crippen molar-refractivity contribution in [3.63, 3.8) is 0 Å². The summed E-state index contributed by atoms with van der Waals surface area (Å²) in [5, 5.41) is 22.1. The molecule has 1 atom stereocenters. The number of aliphatic carboxylic acids is 1. The van der Waals surface area contributed by atoms with Gasteiger partial charge < -0.3 is 15.7 Å². The van der Waals surface area contributed by atoms with Gasteiger partial charge in [0.15, 0.2) is 5.69 Å². The predicted octanol–water partition coefficient (Wildman–Crippen LogP) is 0.357. The highest BCUT2D eigenvalue weighted by Gasteiger charge is 2.23. The molecule has 10 nitrogen and oxygen atoms in total. The molecular formula is C14H18N6O4. The third-order valence-corrected chi connectivity index (χ3v) is 3.40. The molecule has 24 heavy (non-hydrogen) atoms. The molecule has 2 heterocycles. The lowest BCUT2D eigenvalue weighted by Crippen LogP contribution is -2.25. The van der Waals surface area contributed by atoms with Crippen LogP contribution in [0.5, 0.6) is 0 Å². The van der Waals surface area contributed by atoms with E-state index in [1.54, 1.807) is 0 Å². The molecule has 3 N–H and O–H groups in total. The highest BCUT2D eigenvalue weighted by molar-refractivity contribution is 6.07. The zero-order valence-corrected chi connectivity index (χ0v) is 13.5. The van der Waals surface area contributed by atoms with E-state index in [9.17, 15) is 14.4 Å². The number of aryl methyl sites for hydroxylation is 1. The maximum absolute atomic E-state index is 12.5. The first-order valence-corrected chi connectivity index (χ1v) is 7.26. The van der Waals surface area contributed by atoms with Crippen molar-refractivity contribution in [3.8, 4) is 0 Å². The number of carboxylic acids is 1. The van der Waals surface area contributed by atoms with Crippen LogP contribution in [0.25, 0.3) is 0 Å². The van der Waals surface area contributed by atoms with Crippen LogP contribution in [0.2, 0.25) is 0 Å². The van der Waals surface area contributed by atoms with Crippen LogP contribution in [0.1, 0.15) is 40.9 Å². The van der Waals surface area contributed by atoms with E-state index in [1.165, 1.54) is 37.1 Å². The first-order chi connectivity index (χ1) is 11.4. The summed E-state index contributed by atoms with van der Waals surface area (Å²) in [5.41, 5.74) is 0.374. The normalized spacial score (nSPS) is 11.8. The minimum absolute atomic E-state index is 0.0667. The summed E-state index contributed by atoms with van der Waals surface area (Å²) in [7, 11) is 1.46. The minimum atomic E-state index is -1.11. The smallest absolute Gasteiger partial charge is 0.328 e. The van der Waals surface area contributed by atoms with Crippen molar-refractivity contribution in [1.29, 1.82) is 0 Å². The van der Waals surface area contributed by atoms with Gasteiger partial charge in [0.2, 0.25) is 0 Å². The molecule has 2 aromatic heterocycles. The van der Waals surface area contributed by atoms with E-state index in [0.717, 1.165) is 4.68 Å². The molecule has 1 unspecified atom stereocenters. The number of rotatable bonds is 6. The standard InChI is InChI=1S/C14H18N6O4/c1-4-19-7-9(11(18-19)13(22)15-3)17-12(21)10-5-6-16-20(10)8(2)14(23)24/h5-8H,4H2,1-3H3,(H,15,22)(H,17,21)(H,23,24). The maximum Gasteiger partial charge on any atom is 0.328 e. The molecule has 0 saturated heterocycles. The lowest BCUT2D eigenvalue weighted by Gasteiger charge is -2.11. The fourth-order valence-corrected chi connectivity index (χ4v) is 2.05.